The number of carboxylic acid groups (broad SMARTS) is 1. The van der Waals surface area contributed by atoms with Gasteiger partial charge in [-0.3, -0.25) is 4.79 Å². The van der Waals surface area contributed by atoms with Gasteiger partial charge >= 0.3 is 12.1 Å². The van der Waals surface area contributed by atoms with Crippen molar-refractivity contribution in [2.24, 2.45) is 11.7 Å². The van der Waals surface area contributed by atoms with Crippen LogP contribution in [-0.4, -0.2) is 40.9 Å². The molecule has 0 heterocycles. The number of nitrogens with two attached hydrogens (primary N) is 1. The topological polar surface area (TPSA) is 83.6 Å². The molecule has 4 N–H and O–H groups in total. The van der Waals surface area contributed by atoms with Crippen LogP contribution in [0.5, 0.6) is 0 Å². The molecule has 0 saturated heterocycles. The highest BCUT2D eigenvalue weighted by molar-refractivity contribution is 5.73. The summed E-state index contributed by atoms with van der Waals surface area (Å²) in [4.78, 5) is 10.5. The van der Waals surface area contributed by atoms with Crippen LogP contribution in [0, 0.1) is 5.92 Å². The number of rotatable bonds is 10. The lowest BCUT2D eigenvalue weighted by molar-refractivity contribution is -0.208. The molecule has 0 fully saturated rings. The molecule has 0 aliphatic rings. The van der Waals surface area contributed by atoms with Crippen molar-refractivity contribution >= 4 is 5.97 Å². The zero-order chi connectivity index (χ0) is 17.3. The number of aliphatic carboxylic acids is 1. The molecule has 0 aliphatic carbocycles. The Balaban J connectivity index is 3.94. The van der Waals surface area contributed by atoms with Gasteiger partial charge in [0.15, 0.2) is 0 Å². The monoisotopic (exact) mass is 333 g/mol. The molecule has 22 heavy (non-hydrogen) atoms. The fourth-order valence-corrected chi connectivity index (χ4v) is 1.73. The summed E-state index contributed by atoms with van der Waals surface area (Å²) in [6.45, 7) is 0. The van der Waals surface area contributed by atoms with Crippen LogP contribution in [0.25, 0.3) is 0 Å². The summed E-state index contributed by atoms with van der Waals surface area (Å²) >= 11 is 0. The minimum Gasteiger partial charge on any atom is -0.480 e. The van der Waals surface area contributed by atoms with Crippen LogP contribution in [0.3, 0.4) is 0 Å². The summed E-state index contributed by atoms with van der Waals surface area (Å²) in [6.07, 6.45) is -6.63. The smallest absolute Gasteiger partial charge is 0.397 e. The zero-order valence-electron chi connectivity index (χ0n) is 11.8. The third-order valence-electron chi connectivity index (χ3n) is 3.11. The Morgan fingerprint density at radius 1 is 1.14 bits per heavy atom. The third-order valence-corrected chi connectivity index (χ3v) is 3.11. The first-order valence-electron chi connectivity index (χ1n) is 6.73. The normalized spacial score (nSPS) is 16.9. The van der Waals surface area contributed by atoms with E-state index in [1.165, 1.54) is 6.08 Å². The molecule has 0 bridgehead atoms. The molecule has 0 aromatic rings. The Kier molecular flexibility index (Phi) is 9.19. The largest absolute Gasteiger partial charge is 0.480 e. The van der Waals surface area contributed by atoms with Gasteiger partial charge in [0, 0.05) is 0 Å². The van der Waals surface area contributed by atoms with E-state index >= 15 is 0 Å². The summed E-state index contributed by atoms with van der Waals surface area (Å²) in [5.41, 5.74) is 5.17. The quantitative estimate of drug-likeness (QED) is 0.326. The Morgan fingerprint density at radius 3 is 2.14 bits per heavy atom. The number of aliphatic hydroxyl groups excluding tert-OH is 1. The number of carboxylic acids is 1. The van der Waals surface area contributed by atoms with Crippen molar-refractivity contribution in [3.05, 3.63) is 12.2 Å². The summed E-state index contributed by atoms with van der Waals surface area (Å²) in [5, 5.41) is 17.9. The van der Waals surface area contributed by atoms with Crippen molar-refractivity contribution in [1.29, 1.82) is 0 Å². The number of aliphatic hydroxyl groups is 1. The van der Waals surface area contributed by atoms with E-state index in [0.29, 0.717) is 6.42 Å². The maximum atomic E-state index is 12.2. The number of unbranched alkanes of at least 4 members (excludes halogenated alkanes) is 1. The molecule has 0 aromatic heterocycles. The lowest BCUT2D eigenvalue weighted by Gasteiger charge is -2.18. The number of carbonyl (C=O) groups is 1. The molecular formula is C13H20F5NO3. The van der Waals surface area contributed by atoms with Crippen LogP contribution in [-0.2, 0) is 4.79 Å². The van der Waals surface area contributed by atoms with E-state index in [9.17, 15) is 31.9 Å². The Morgan fingerprint density at radius 2 is 1.68 bits per heavy atom. The molecule has 0 saturated carbocycles. The molecule has 3 unspecified atom stereocenters. The van der Waals surface area contributed by atoms with Crippen molar-refractivity contribution in [1.82, 2.24) is 0 Å². The zero-order valence-corrected chi connectivity index (χ0v) is 11.8. The van der Waals surface area contributed by atoms with Crippen molar-refractivity contribution < 1.29 is 37.0 Å². The van der Waals surface area contributed by atoms with Crippen molar-refractivity contribution in [2.75, 3.05) is 0 Å². The predicted octanol–water partition coefficient (Wildman–Crippen LogP) is 2.71. The van der Waals surface area contributed by atoms with E-state index in [2.05, 4.69) is 0 Å². The van der Waals surface area contributed by atoms with Gasteiger partial charge in [0.1, 0.15) is 12.0 Å². The number of halogens is 5. The van der Waals surface area contributed by atoms with E-state index < -0.39 is 43.1 Å². The number of hydrogen-bond acceptors (Lipinski definition) is 3. The second kappa shape index (κ2) is 9.73. The van der Waals surface area contributed by atoms with E-state index in [1.807, 2.05) is 0 Å². The van der Waals surface area contributed by atoms with Gasteiger partial charge in [-0.25, -0.2) is 8.78 Å². The second-order valence-electron chi connectivity index (χ2n) is 4.89. The summed E-state index contributed by atoms with van der Waals surface area (Å²) in [5.74, 6) is -3.95. The number of allylic oxidation sites excluding steroid dienone is 2. The fraction of sp³-hybridized carbons (Fsp3) is 0.769. The SMILES string of the molecule is NC(C(=O)O)C(O)CC/C=C/CCCC(C(F)F)C(F)(F)F. The molecule has 0 aliphatic heterocycles. The van der Waals surface area contributed by atoms with Gasteiger partial charge in [0.25, 0.3) is 0 Å². The maximum absolute atomic E-state index is 12.2. The van der Waals surface area contributed by atoms with Crippen LogP contribution in [0.2, 0.25) is 0 Å². The van der Waals surface area contributed by atoms with Gasteiger partial charge in [-0.15, -0.1) is 0 Å². The van der Waals surface area contributed by atoms with Crippen LogP contribution in [0.15, 0.2) is 12.2 Å². The third kappa shape index (κ3) is 8.28. The van der Waals surface area contributed by atoms with Crippen molar-refractivity contribution in [2.45, 2.75) is 56.9 Å². The molecule has 0 rings (SSSR count). The molecule has 4 nitrogen and oxygen atoms in total. The number of hydrogen-bond donors (Lipinski definition) is 3. The highest BCUT2D eigenvalue weighted by atomic mass is 19.4. The standard InChI is InChI=1S/C13H20F5NO3/c14-11(15)8(13(16,17)18)6-4-2-1-3-5-7-9(20)10(19)12(21)22/h1,3,8-11,20H,2,4-7,19H2,(H,21,22)/b3-1+. The van der Waals surface area contributed by atoms with Crippen molar-refractivity contribution in [3.63, 3.8) is 0 Å². The predicted molar refractivity (Wildman–Crippen MR) is 69.4 cm³/mol. The molecule has 0 radical (unpaired) electrons. The van der Waals surface area contributed by atoms with Crippen LogP contribution < -0.4 is 5.73 Å². The van der Waals surface area contributed by atoms with Gasteiger partial charge in [0.05, 0.1) is 6.10 Å². The van der Waals surface area contributed by atoms with Gasteiger partial charge in [-0.1, -0.05) is 12.2 Å². The minimum absolute atomic E-state index is 0.0395. The van der Waals surface area contributed by atoms with Gasteiger partial charge in [-0.05, 0) is 32.1 Å². The van der Waals surface area contributed by atoms with Gasteiger partial charge in [0.2, 0.25) is 6.43 Å². The van der Waals surface area contributed by atoms with Crippen LogP contribution >= 0.6 is 0 Å². The summed E-state index contributed by atoms with van der Waals surface area (Å²) in [6, 6.07) is -1.40. The molecule has 9 heteroatoms. The first-order valence-corrected chi connectivity index (χ1v) is 6.73. The lowest BCUT2D eigenvalue weighted by atomic mass is 10.0. The highest BCUT2D eigenvalue weighted by Crippen LogP contribution is 2.34. The Hall–Kier alpha value is -1.22. The molecule has 3 atom stereocenters. The van der Waals surface area contributed by atoms with Gasteiger partial charge in [-0.2, -0.15) is 13.2 Å². The van der Waals surface area contributed by atoms with Crippen LogP contribution in [0.1, 0.15) is 32.1 Å². The van der Waals surface area contributed by atoms with Crippen LogP contribution in [0.4, 0.5) is 22.0 Å². The first kappa shape index (κ1) is 20.8. The van der Waals surface area contributed by atoms with E-state index in [0.717, 1.165) is 0 Å². The minimum atomic E-state index is -4.91. The highest BCUT2D eigenvalue weighted by Gasteiger charge is 2.44. The second-order valence-corrected chi connectivity index (χ2v) is 4.89. The first-order chi connectivity index (χ1) is 10.1. The Bertz CT molecular complexity index is 360. The average Bonchev–Trinajstić information content (AvgIpc) is 2.38. The number of alkyl halides is 5. The fourth-order valence-electron chi connectivity index (χ4n) is 1.73. The van der Waals surface area contributed by atoms with E-state index in [4.69, 9.17) is 10.8 Å². The lowest BCUT2D eigenvalue weighted by Crippen LogP contribution is -2.41. The van der Waals surface area contributed by atoms with Crippen molar-refractivity contribution in [3.8, 4) is 0 Å². The molecule has 0 aromatic carbocycles. The average molecular weight is 333 g/mol. The van der Waals surface area contributed by atoms with E-state index in [-0.39, 0.29) is 19.3 Å². The molecule has 0 amide bonds. The summed E-state index contributed by atoms with van der Waals surface area (Å²) < 4.78 is 61.2. The molecule has 130 valence electrons. The maximum Gasteiger partial charge on any atom is 0.397 e. The Labute approximate surface area is 124 Å². The van der Waals surface area contributed by atoms with Gasteiger partial charge < -0.3 is 15.9 Å². The molecule has 0 spiro atoms. The molecular weight excluding hydrogens is 313 g/mol. The van der Waals surface area contributed by atoms with E-state index in [1.54, 1.807) is 6.08 Å². The summed E-state index contributed by atoms with van der Waals surface area (Å²) in [7, 11) is 0.